The normalized spacial score (nSPS) is 12.0. The number of nitrogens with one attached hydrogen (secondary N) is 3. The summed E-state index contributed by atoms with van der Waals surface area (Å²) in [7, 11) is 3.05. The lowest BCUT2D eigenvalue weighted by Gasteiger charge is -2.19. The maximum absolute atomic E-state index is 12.3. The van der Waals surface area contributed by atoms with E-state index in [2.05, 4.69) is 20.9 Å². The van der Waals surface area contributed by atoms with E-state index in [9.17, 15) is 14.7 Å². The molecule has 2 heterocycles. The number of hydrogen-bond acceptors (Lipinski definition) is 10. The van der Waals surface area contributed by atoms with Gasteiger partial charge in [0.05, 0.1) is 31.6 Å². The standard InChI is InChI=1S/C30H37N7O6/c1-16-26-28(34-21-13-22(41-7)25(17(2)38)23(14-21)42-8)35-27(36-37(26)18(3)32-16)19-9-11-20(12-10-19)33-24(39)15-31-29(40)43-30(4,5)6/h9-14,17,38H,15H2,1-8H3,(H,31,40)(H,33,39)(H,34,35,36). The molecular weight excluding hydrogens is 554 g/mol. The fourth-order valence-electron chi connectivity index (χ4n) is 4.47. The van der Waals surface area contributed by atoms with Gasteiger partial charge in [0, 0.05) is 29.1 Å². The SMILES string of the molecule is COc1cc(Nc2nc(-c3ccc(NC(=O)CNC(=O)OC(C)(C)C)cc3)nn3c(C)nc(C)c23)cc(OC)c1C(C)O. The van der Waals surface area contributed by atoms with Gasteiger partial charge in [-0.15, -0.1) is 5.10 Å². The van der Waals surface area contributed by atoms with Crippen LogP contribution in [0.1, 0.15) is 50.9 Å². The van der Waals surface area contributed by atoms with Crippen LogP contribution in [0.4, 0.5) is 22.0 Å². The number of aliphatic hydroxyl groups excluding tert-OH is 1. The molecule has 2 aromatic heterocycles. The van der Waals surface area contributed by atoms with E-state index >= 15 is 0 Å². The summed E-state index contributed by atoms with van der Waals surface area (Å²) in [6, 6.07) is 10.5. The summed E-state index contributed by atoms with van der Waals surface area (Å²) in [6.45, 7) is 10.4. The molecule has 13 nitrogen and oxygen atoms in total. The van der Waals surface area contributed by atoms with Crippen LogP contribution in [0, 0.1) is 13.8 Å². The Morgan fingerprint density at radius 2 is 1.63 bits per heavy atom. The number of anilines is 3. The molecule has 4 aromatic rings. The van der Waals surface area contributed by atoms with Gasteiger partial charge in [-0.25, -0.2) is 19.3 Å². The number of alkyl carbamates (subject to hydrolysis) is 1. The average molecular weight is 592 g/mol. The van der Waals surface area contributed by atoms with E-state index in [0.717, 1.165) is 5.69 Å². The predicted molar refractivity (Wildman–Crippen MR) is 162 cm³/mol. The van der Waals surface area contributed by atoms with E-state index in [4.69, 9.17) is 24.3 Å². The fraction of sp³-hybridized carbons (Fsp3) is 0.367. The summed E-state index contributed by atoms with van der Waals surface area (Å²) in [4.78, 5) is 33.6. The summed E-state index contributed by atoms with van der Waals surface area (Å²) >= 11 is 0. The summed E-state index contributed by atoms with van der Waals surface area (Å²) < 4.78 is 17.9. The van der Waals surface area contributed by atoms with Gasteiger partial charge >= 0.3 is 6.09 Å². The van der Waals surface area contributed by atoms with Crippen molar-refractivity contribution in [2.24, 2.45) is 0 Å². The van der Waals surface area contributed by atoms with Gasteiger partial charge in [-0.1, -0.05) is 0 Å². The van der Waals surface area contributed by atoms with E-state index in [0.29, 0.717) is 57.0 Å². The highest BCUT2D eigenvalue weighted by molar-refractivity contribution is 5.94. The van der Waals surface area contributed by atoms with Crippen LogP contribution in [0.25, 0.3) is 16.9 Å². The van der Waals surface area contributed by atoms with Crippen molar-refractivity contribution in [3.63, 3.8) is 0 Å². The minimum Gasteiger partial charge on any atom is -0.496 e. The molecule has 0 aliphatic rings. The molecule has 2 aromatic carbocycles. The first kappa shape index (κ1) is 31.0. The van der Waals surface area contributed by atoms with Crippen LogP contribution in [-0.2, 0) is 9.53 Å². The maximum atomic E-state index is 12.3. The molecule has 0 aliphatic carbocycles. The predicted octanol–water partition coefficient (Wildman–Crippen LogP) is 4.69. The third-order valence-electron chi connectivity index (χ3n) is 6.27. The summed E-state index contributed by atoms with van der Waals surface area (Å²) in [6.07, 6.45) is -1.47. The Labute approximate surface area is 249 Å². The van der Waals surface area contributed by atoms with Gasteiger partial charge in [-0.3, -0.25) is 4.79 Å². The van der Waals surface area contributed by atoms with E-state index in [1.165, 1.54) is 14.2 Å². The molecule has 0 aliphatic heterocycles. The van der Waals surface area contributed by atoms with Crippen molar-refractivity contribution in [1.82, 2.24) is 24.9 Å². The van der Waals surface area contributed by atoms with E-state index in [1.54, 1.807) is 68.6 Å². The van der Waals surface area contributed by atoms with Crippen molar-refractivity contribution in [2.75, 3.05) is 31.4 Å². The number of carbonyl (C=O) groups excluding carboxylic acids is 2. The molecule has 13 heteroatoms. The van der Waals surface area contributed by atoms with Gasteiger partial charge in [-0.05, 0) is 65.8 Å². The molecule has 228 valence electrons. The zero-order valence-electron chi connectivity index (χ0n) is 25.5. The Balaban J connectivity index is 1.60. The first-order chi connectivity index (χ1) is 20.3. The number of methoxy groups -OCH3 is 2. The molecule has 0 saturated carbocycles. The van der Waals surface area contributed by atoms with Crippen LogP contribution in [0.2, 0.25) is 0 Å². The highest BCUT2D eigenvalue weighted by Crippen LogP contribution is 2.38. The highest BCUT2D eigenvalue weighted by Gasteiger charge is 2.20. The largest absolute Gasteiger partial charge is 0.496 e. The van der Waals surface area contributed by atoms with Gasteiger partial charge in [0.1, 0.15) is 35.0 Å². The molecule has 4 N–H and O–H groups in total. The van der Waals surface area contributed by atoms with Gasteiger partial charge < -0.3 is 35.3 Å². The molecule has 1 atom stereocenters. The Kier molecular flexibility index (Phi) is 9.04. The zero-order valence-corrected chi connectivity index (χ0v) is 25.5. The first-order valence-corrected chi connectivity index (χ1v) is 13.6. The molecule has 0 fully saturated rings. The van der Waals surface area contributed by atoms with Crippen molar-refractivity contribution in [1.29, 1.82) is 0 Å². The van der Waals surface area contributed by atoms with Crippen molar-refractivity contribution >= 4 is 34.7 Å². The molecule has 43 heavy (non-hydrogen) atoms. The molecule has 0 spiro atoms. The molecule has 0 saturated heterocycles. The zero-order chi connectivity index (χ0) is 31.5. The van der Waals surface area contributed by atoms with E-state index in [1.807, 2.05) is 13.8 Å². The van der Waals surface area contributed by atoms with E-state index in [-0.39, 0.29) is 6.54 Å². The number of aromatic nitrogens is 4. The lowest BCUT2D eigenvalue weighted by molar-refractivity contribution is -0.115. The number of carbonyl (C=O) groups is 2. The Morgan fingerprint density at radius 3 is 2.19 bits per heavy atom. The van der Waals surface area contributed by atoms with Crippen LogP contribution in [-0.4, -0.2) is 63.1 Å². The number of aryl methyl sites for hydroxylation is 2. The molecular formula is C30H37N7O6. The van der Waals surface area contributed by atoms with Crippen molar-refractivity contribution in [3.8, 4) is 22.9 Å². The van der Waals surface area contributed by atoms with Gasteiger partial charge in [-0.2, -0.15) is 0 Å². The smallest absolute Gasteiger partial charge is 0.408 e. The third kappa shape index (κ3) is 7.30. The molecule has 2 amide bonds. The number of aliphatic hydroxyl groups is 1. The number of rotatable bonds is 9. The number of fused-ring (bicyclic) bond motifs is 1. The number of nitrogens with zero attached hydrogens (tertiary/aromatic N) is 4. The highest BCUT2D eigenvalue weighted by atomic mass is 16.6. The number of benzene rings is 2. The summed E-state index contributed by atoms with van der Waals surface area (Å²) in [5.74, 6) is 2.12. The average Bonchev–Trinajstić information content (AvgIpc) is 3.23. The second kappa shape index (κ2) is 12.5. The monoisotopic (exact) mass is 591 g/mol. The minimum absolute atomic E-state index is 0.238. The maximum Gasteiger partial charge on any atom is 0.408 e. The van der Waals surface area contributed by atoms with Crippen LogP contribution >= 0.6 is 0 Å². The topological polar surface area (TPSA) is 161 Å². The molecule has 0 bridgehead atoms. The second-order valence-electron chi connectivity index (χ2n) is 10.9. The Bertz CT molecular complexity index is 1620. The fourth-order valence-corrected chi connectivity index (χ4v) is 4.47. The number of amides is 2. The van der Waals surface area contributed by atoms with Crippen LogP contribution in [0.15, 0.2) is 36.4 Å². The van der Waals surface area contributed by atoms with Crippen LogP contribution < -0.4 is 25.4 Å². The lowest BCUT2D eigenvalue weighted by Crippen LogP contribution is -2.37. The van der Waals surface area contributed by atoms with Crippen molar-refractivity contribution in [2.45, 2.75) is 53.2 Å². The van der Waals surface area contributed by atoms with Crippen molar-refractivity contribution in [3.05, 3.63) is 53.5 Å². The molecule has 4 rings (SSSR count). The van der Waals surface area contributed by atoms with E-state index < -0.39 is 23.7 Å². The van der Waals surface area contributed by atoms with Gasteiger partial charge in [0.2, 0.25) is 5.91 Å². The number of imidazole rings is 1. The van der Waals surface area contributed by atoms with Crippen molar-refractivity contribution < 1.29 is 28.9 Å². The third-order valence-corrected chi connectivity index (χ3v) is 6.27. The first-order valence-electron chi connectivity index (χ1n) is 13.6. The van der Waals surface area contributed by atoms with Gasteiger partial charge in [0.15, 0.2) is 11.6 Å². The second-order valence-corrected chi connectivity index (χ2v) is 10.9. The summed E-state index contributed by atoms with van der Waals surface area (Å²) in [5.41, 5.74) is 3.17. The summed E-state index contributed by atoms with van der Waals surface area (Å²) in [5, 5.41) is 23.5. The Morgan fingerprint density at radius 1 is 1.00 bits per heavy atom. The van der Waals surface area contributed by atoms with Crippen LogP contribution in [0.5, 0.6) is 11.5 Å². The lowest BCUT2D eigenvalue weighted by atomic mass is 10.1. The number of ether oxygens (including phenoxy) is 3. The molecule has 1 unspecified atom stereocenters. The Hall–Kier alpha value is -4.91. The van der Waals surface area contributed by atoms with Gasteiger partial charge in [0.25, 0.3) is 0 Å². The molecule has 0 radical (unpaired) electrons. The minimum atomic E-state index is -0.801. The van der Waals surface area contributed by atoms with Crippen LogP contribution in [0.3, 0.4) is 0 Å². The number of hydrogen-bond donors (Lipinski definition) is 4. The quantitative estimate of drug-likeness (QED) is 0.215.